The van der Waals surface area contributed by atoms with E-state index in [1.807, 2.05) is 0 Å². The molecule has 1 saturated heterocycles. The van der Waals surface area contributed by atoms with E-state index in [0.29, 0.717) is 30.8 Å². The van der Waals surface area contributed by atoms with Crippen LogP contribution in [-0.4, -0.2) is 34.7 Å². The number of hydrogen-bond donors (Lipinski definition) is 2. The first-order valence-electron chi connectivity index (χ1n) is 8.20. The Labute approximate surface area is 144 Å². The molecule has 1 aliphatic rings. The van der Waals surface area contributed by atoms with Gasteiger partial charge in [-0.05, 0) is 32.7 Å². The van der Waals surface area contributed by atoms with Gasteiger partial charge in [0.05, 0.1) is 0 Å². The summed E-state index contributed by atoms with van der Waals surface area (Å²) in [6, 6.07) is 0.785. The van der Waals surface area contributed by atoms with Gasteiger partial charge < -0.3 is 15.2 Å². The van der Waals surface area contributed by atoms with Crippen molar-refractivity contribution in [2.24, 2.45) is 0 Å². The molecule has 1 aliphatic heterocycles. The zero-order valence-corrected chi connectivity index (χ0v) is 15.3. The summed E-state index contributed by atoms with van der Waals surface area (Å²) in [7, 11) is 0. The summed E-state index contributed by atoms with van der Waals surface area (Å²) < 4.78 is 5.24. The molecular weight excluding hydrogens is 316 g/mol. The second kappa shape index (κ2) is 8.64. The number of aromatic nitrogens is 2. The Morgan fingerprint density at radius 3 is 2.78 bits per heavy atom. The third-order valence-electron chi connectivity index (χ3n) is 3.92. The lowest BCUT2D eigenvalue weighted by molar-refractivity contribution is -0.122. The van der Waals surface area contributed by atoms with Crippen LogP contribution < -0.4 is 10.6 Å². The third-order valence-corrected chi connectivity index (χ3v) is 3.92. The van der Waals surface area contributed by atoms with Crippen molar-refractivity contribution >= 4 is 18.3 Å². The fraction of sp³-hybridized carbons (Fsp3) is 0.812. The van der Waals surface area contributed by atoms with E-state index in [0.717, 1.165) is 31.6 Å². The average molecular weight is 345 g/mol. The molecule has 2 N–H and O–H groups in total. The molecule has 0 aromatic carbocycles. The number of nitrogens with zero attached hydrogens (tertiary/aromatic N) is 2. The first-order valence-corrected chi connectivity index (χ1v) is 8.20. The van der Waals surface area contributed by atoms with Crippen LogP contribution in [0.4, 0.5) is 0 Å². The number of aryl methyl sites for hydroxylation is 1. The molecule has 1 aromatic rings. The van der Waals surface area contributed by atoms with Gasteiger partial charge in [0.1, 0.15) is 0 Å². The normalized spacial score (nSPS) is 21.6. The number of hydrogen-bond acceptors (Lipinski definition) is 5. The lowest BCUT2D eigenvalue weighted by Gasteiger charge is -2.28. The molecular formula is C16H29ClN4O2. The van der Waals surface area contributed by atoms with Crippen molar-refractivity contribution in [1.29, 1.82) is 0 Å². The Balaban J connectivity index is 0.00000264. The Kier molecular flexibility index (Phi) is 7.48. The van der Waals surface area contributed by atoms with Gasteiger partial charge in [-0.3, -0.25) is 4.79 Å². The molecule has 1 amide bonds. The first-order chi connectivity index (χ1) is 10.3. The highest BCUT2D eigenvalue weighted by atomic mass is 35.5. The van der Waals surface area contributed by atoms with Crippen molar-refractivity contribution in [3.8, 4) is 0 Å². The smallest absolute Gasteiger partial charge is 0.226 e. The maximum atomic E-state index is 12.0. The van der Waals surface area contributed by atoms with Gasteiger partial charge in [-0.15, -0.1) is 12.4 Å². The maximum Gasteiger partial charge on any atom is 0.226 e. The number of halogens is 1. The van der Waals surface area contributed by atoms with Crippen molar-refractivity contribution in [3.05, 3.63) is 11.7 Å². The zero-order chi connectivity index (χ0) is 16.2. The Bertz CT molecular complexity index is 499. The molecule has 0 saturated carbocycles. The molecule has 2 heterocycles. The van der Waals surface area contributed by atoms with E-state index in [4.69, 9.17) is 4.52 Å². The van der Waals surface area contributed by atoms with Gasteiger partial charge in [-0.25, -0.2) is 0 Å². The van der Waals surface area contributed by atoms with Crippen LogP contribution in [0.1, 0.15) is 65.1 Å². The van der Waals surface area contributed by atoms with Gasteiger partial charge in [0.25, 0.3) is 0 Å². The summed E-state index contributed by atoms with van der Waals surface area (Å²) >= 11 is 0. The largest absolute Gasteiger partial charge is 0.353 e. The average Bonchev–Trinajstić information content (AvgIpc) is 2.87. The molecule has 2 atom stereocenters. The second-order valence-electron chi connectivity index (χ2n) is 7.26. The molecule has 132 valence electrons. The zero-order valence-electron chi connectivity index (χ0n) is 14.5. The Morgan fingerprint density at radius 2 is 2.17 bits per heavy atom. The van der Waals surface area contributed by atoms with E-state index >= 15 is 0 Å². The molecule has 1 aromatic heterocycles. The van der Waals surface area contributed by atoms with E-state index in [1.165, 1.54) is 0 Å². The minimum Gasteiger partial charge on any atom is -0.353 e. The van der Waals surface area contributed by atoms with Crippen LogP contribution in [0.2, 0.25) is 0 Å². The minimum atomic E-state index is -0.106. The fourth-order valence-corrected chi connectivity index (χ4v) is 2.62. The Hall–Kier alpha value is -1.14. The summed E-state index contributed by atoms with van der Waals surface area (Å²) in [5.74, 6) is 1.46. The highest BCUT2D eigenvalue weighted by Crippen LogP contribution is 2.19. The predicted octanol–water partition coefficient (Wildman–Crippen LogP) is 2.37. The van der Waals surface area contributed by atoms with Crippen LogP contribution in [-0.2, 0) is 16.6 Å². The van der Waals surface area contributed by atoms with Crippen molar-refractivity contribution in [1.82, 2.24) is 20.8 Å². The van der Waals surface area contributed by atoms with Crippen LogP contribution in [0.3, 0.4) is 0 Å². The van der Waals surface area contributed by atoms with Crippen molar-refractivity contribution < 1.29 is 9.32 Å². The maximum absolute atomic E-state index is 12.0. The van der Waals surface area contributed by atoms with Crippen LogP contribution >= 0.6 is 12.4 Å². The molecule has 2 unspecified atom stereocenters. The van der Waals surface area contributed by atoms with Gasteiger partial charge in [0.2, 0.25) is 11.8 Å². The number of amides is 1. The van der Waals surface area contributed by atoms with Crippen LogP contribution in [0.15, 0.2) is 4.52 Å². The third kappa shape index (κ3) is 6.47. The van der Waals surface area contributed by atoms with E-state index in [2.05, 4.69) is 48.5 Å². The van der Waals surface area contributed by atoms with E-state index in [-0.39, 0.29) is 23.7 Å². The summed E-state index contributed by atoms with van der Waals surface area (Å²) in [5.41, 5.74) is -0.106. The topological polar surface area (TPSA) is 80.1 Å². The lowest BCUT2D eigenvalue weighted by atomic mass is 9.96. The van der Waals surface area contributed by atoms with Crippen molar-refractivity contribution in [3.63, 3.8) is 0 Å². The van der Waals surface area contributed by atoms with Crippen molar-refractivity contribution in [2.45, 2.75) is 77.3 Å². The number of carbonyl (C=O) groups is 1. The standard InChI is InChI=1S/C16H28N4O2.ClH/c1-11-10-12(8-9-17-11)18-13(21)6-5-7-14-19-15(20-22-14)16(2,3)4;/h11-12,17H,5-10H2,1-4H3,(H,18,21);1H. The minimum absolute atomic E-state index is 0. The van der Waals surface area contributed by atoms with Crippen molar-refractivity contribution in [2.75, 3.05) is 6.54 Å². The molecule has 1 fully saturated rings. The highest BCUT2D eigenvalue weighted by Gasteiger charge is 2.21. The van der Waals surface area contributed by atoms with Crippen LogP contribution in [0.25, 0.3) is 0 Å². The lowest BCUT2D eigenvalue weighted by Crippen LogP contribution is -2.46. The van der Waals surface area contributed by atoms with Gasteiger partial charge in [0, 0.05) is 30.3 Å². The molecule has 0 radical (unpaired) electrons. The number of rotatable bonds is 5. The summed E-state index contributed by atoms with van der Waals surface area (Å²) in [5, 5.41) is 10.5. The monoisotopic (exact) mass is 344 g/mol. The molecule has 0 bridgehead atoms. The summed E-state index contributed by atoms with van der Waals surface area (Å²) in [6.45, 7) is 9.28. The van der Waals surface area contributed by atoms with Crippen LogP contribution in [0, 0.1) is 0 Å². The molecule has 7 heteroatoms. The van der Waals surface area contributed by atoms with E-state index < -0.39 is 0 Å². The first kappa shape index (κ1) is 19.9. The Morgan fingerprint density at radius 1 is 1.43 bits per heavy atom. The van der Waals surface area contributed by atoms with Gasteiger partial charge in [-0.2, -0.15) is 4.98 Å². The van der Waals surface area contributed by atoms with Gasteiger partial charge in [-0.1, -0.05) is 25.9 Å². The number of nitrogens with one attached hydrogen (secondary N) is 2. The number of piperidine rings is 1. The quantitative estimate of drug-likeness (QED) is 0.857. The molecule has 6 nitrogen and oxygen atoms in total. The summed E-state index contributed by atoms with van der Waals surface area (Å²) in [4.78, 5) is 16.4. The fourth-order valence-electron chi connectivity index (χ4n) is 2.62. The molecule has 2 rings (SSSR count). The second-order valence-corrected chi connectivity index (χ2v) is 7.26. The summed E-state index contributed by atoms with van der Waals surface area (Å²) in [6.07, 6.45) is 3.90. The number of carbonyl (C=O) groups excluding carboxylic acids is 1. The van der Waals surface area contributed by atoms with Gasteiger partial charge >= 0.3 is 0 Å². The van der Waals surface area contributed by atoms with E-state index in [1.54, 1.807) is 0 Å². The predicted molar refractivity (Wildman–Crippen MR) is 91.8 cm³/mol. The van der Waals surface area contributed by atoms with Gasteiger partial charge in [0.15, 0.2) is 5.82 Å². The molecule has 0 aliphatic carbocycles. The van der Waals surface area contributed by atoms with E-state index in [9.17, 15) is 4.79 Å². The SMILES string of the molecule is CC1CC(NC(=O)CCCc2nc(C(C)(C)C)no2)CCN1.Cl. The molecule has 0 spiro atoms. The van der Waals surface area contributed by atoms with Crippen LogP contribution in [0.5, 0.6) is 0 Å². The highest BCUT2D eigenvalue weighted by molar-refractivity contribution is 5.85. The molecule has 23 heavy (non-hydrogen) atoms.